The highest BCUT2D eigenvalue weighted by atomic mass is 16.4. The molecule has 0 radical (unpaired) electrons. The van der Waals surface area contributed by atoms with Gasteiger partial charge in [0.2, 0.25) is 0 Å². The molecule has 110 valence electrons. The van der Waals surface area contributed by atoms with E-state index in [1.807, 2.05) is 0 Å². The molecule has 0 saturated heterocycles. The van der Waals surface area contributed by atoms with Crippen molar-refractivity contribution in [2.75, 3.05) is 13.1 Å². The van der Waals surface area contributed by atoms with Crippen molar-refractivity contribution in [3.05, 3.63) is 0 Å². The van der Waals surface area contributed by atoms with E-state index in [1.165, 1.54) is 0 Å². The van der Waals surface area contributed by atoms with Crippen molar-refractivity contribution in [1.29, 1.82) is 0 Å². The van der Waals surface area contributed by atoms with Crippen molar-refractivity contribution in [2.24, 2.45) is 5.92 Å². The molecule has 0 aromatic rings. The Bertz CT molecular complexity index is 314. The van der Waals surface area contributed by atoms with E-state index in [0.29, 0.717) is 5.92 Å². The van der Waals surface area contributed by atoms with Crippen LogP contribution < -0.4 is 5.32 Å². The van der Waals surface area contributed by atoms with Gasteiger partial charge in [0.25, 0.3) is 0 Å². The Kier molecular flexibility index (Phi) is 7.55. The third kappa shape index (κ3) is 8.87. The summed E-state index contributed by atoms with van der Waals surface area (Å²) in [7, 11) is 0. The fourth-order valence-electron chi connectivity index (χ4n) is 1.48. The Morgan fingerprint density at radius 1 is 1.00 bits per heavy atom. The summed E-state index contributed by atoms with van der Waals surface area (Å²) >= 11 is 0. The maximum absolute atomic E-state index is 11.8. The number of nitrogens with zero attached hydrogens (tertiary/aromatic N) is 1. The molecule has 19 heavy (non-hydrogen) atoms. The minimum Gasteiger partial charge on any atom is -0.480 e. The van der Waals surface area contributed by atoms with E-state index >= 15 is 0 Å². The number of carboxylic acid groups (broad SMARTS) is 2. The summed E-state index contributed by atoms with van der Waals surface area (Å²) in [4.78, 5) is 33.7. The average molecular weight is 274 g/mol. The molecule has 0 aromatic heterocycles. The number of carbonyl (C=O) groups is 3. The van der Waals surface area contributed by atoms with Crippen LogP contribution in [-0.2, 0) is 9.59 Å². The summed E-state index contributed by atoms with van der Waals surface area (Å²) in [6, 6.07) is -0.791. The molecule has 0 bridgehead atoms. The number of nitrogens with one attached hydrogen (secondary N) is 1. The van der Waals surface area contributed by atoms with Crippen molar-refractivity contribution >= 4 is 18.0 Å². The van der Waals surface area contributed by atoms with Crippen LogP contribution in [0.3, 0.4) is 0 Å². The molecule has 2 amide bonds. The number of rotatable bonds is 8. The quantitative estimate of drug-likeness (QED) is 0.612. The Hall–Kier alpha value is -1.79. The highest BCUT2D eigenvalue weighted by Gasteiger charge is 2.20. The lowest BCUT2D eigenvalue weighted by Gasteiger charge is -2.22. The lowest BCUT2D eigenvalue weighted by atomic mass is 10.0. The average Bonchev–Trinajstić information content (AvgIpc) is 2.24. The van der Waals surface area contributed by atoms with Gasteiger partial charge in [-0.25, -0.2) is 4.79 Å². The van der Waals surface area contributed by atoms with Crippen molar-refractivity contribution in [3.8, 4) is 0 Å². The third-order valence-corrected chi connectivity index (χ3v) is 2.49. The molecular weight excluding hydrogens is 252 g/mol. The summed E-state index contributed by atoms with van der Waals surface area (Å²) in [5, 5.41) is 19.9. The van der Waals surface area contributed by atoms with Gasteiger partial charge in [-0.1, -0.05) is 13.8 Å². The maximum atomic E-state index is 11.8. The molecule has 1 atom stereocenters. The molecule has 0 aliphatic rings. The number of amides is 2. The van der Waals surface area contributed by atoms with Gasteiger partial charge in [0.1, 0.15) is 13.1 Å². The van der Waals surface area contributed by atoms with Gasteiger partial charge in [0, 0.05) is 6.04 Å². The Morgan fingerprint density at radius 2 is 1.47 bits per heavy atom. The lowest BCUT2D eigenvalue weighted by molar-refractivity contribution is -0.140. The zero-order valence-corrected chi connectivity index (χ0v) is 11.5. The van der Waals surface area contributed by atoms with Crippen LogP contribution in [0.1, 0.15) is 33.6 Å². The molecular formula is C12H22N2O5. The fourth-order valence-corrected chi connectivity index (χ4v) is 1.48. The van der Waals surface area contributed by atoms with Gasteiger partial charge in [-0.3, -0.25) is 9.59 Å². The molecule has 0 heterocycles. The first kappa shape index (κ1) is 17.2. The summed E-state index contributed by atoms with van der Waals surface area (Å²) in [6.45, 7) is 4.68. The molecule has 0 fully saturated rings. The zero-order chi connectivity index (χ0) is 15.0. The lowest BCUT2D eigenvalue weighted by Crippen LogP contribution is -2.47. The second kappa shape index (κ2) is 8.34. The normalized spacial score (nSPS) is 12.0. The second-order valence-corrected chi connectivity index (χ2v) is 4.97. The first-order chi connectivity index (χ1) is 8.72. The molecule has 0 rings (SSSR count). The third-order valence-electron chi connectivity index (χ3n) is 2.49. The van der Waals surface area contributed by atoms with Crippen LogP contribution in [0.15, 0.2) is 0 Å². The molecule has 0 saturated carbocycles. The van der Waals surface area contributed by atoms with E-state index in [0.717, 1.165) is 17.7 Å². The van der Waals surface area contributed by atoms with Gasteiger partial charge in [-0.05, 0) is 25.7 Å². The van der Waals surface area contributed by atoms with E-state index in [-0.39, 0.29) is 6.04 Å². The summed E-state index contributed by atoms with van der Waals surface area (Å²) < 4.78 is 0. The van der Waals surface area contributed by atoms with Crippen LogP contribution in [0.25, 0.3) is 0 Å². The van der Waals surface area contributed by atoms with E-state index in [2.05, 4.69) is 19.2 Å². The van der Waals surface area contributed by atoms with Crippen molar-refractivity contribution in [2.45, 2.75) is 39.7 Å². The number of aliphatic carboxylic acids is 2. The molecule has 3 N–H and O–H groups in total. The zero-order valence-electron chi connectivity index (χ0n) is 11.5. The SMILES string of the molecule is CC(C)CCC(C)NC(=O)N(CC(=O)O)CC(=O)O. The number of urea groups is 1. The minimum atomic E-state index is -1.24. The van der Waals surface area contributed by atoms with Gasteiger partial charge in [0.15, 0.2) is 0 Å². The smallest absolute Gasteiger partial charge is 0.323 e. The second-order valence-electron chi connectivity index (χ2n) is 4.97. The highest BCUT2D eigenvalue weighted by Crippen LogP contribution is 2.06. The fraction of sp³-hybridized carbons (Fsp3) is 0.750. The van der Waals surface area contributed by atoms with Crippen molar-refractivity contribution in [1.82, 2.24) is 10.2 Å². The molecule has 1 unspecified atom stereocenters. The van der Waals surface area contributed by atoms with Crippen LogP contribution >= 0.6 is 0 Å². The molecule has 0 aromatic carbocycles. The predicted octanol–water partition coefficient (Wildman–Crippen LogP) is 0.992. The van der Waals surface area contributed by atoms with E-state index in [4.69, 9.17) is 10.2 Å². The van der Waals surface area contributed by atoms with Crippen LogP contribution in [-0.4, -0.2) is 52.2 Å². The van der Waals surface area contributed by atoms with Gasteiger partial charge in [-0.2, -0.15) is 0 Å². The minimum absolute atomic E-state index is 0.125. The summed E-state index contributed by atoms with van der Waals surface area (Å²) in [5.74, 6) is -1.98. The van der Waals surface area contributed by atoms with Gasteiger partial charge in [-0.15, -0.1) is 0 Å². The number of hydrogen-bond acceptors (Lipinski definition) is 3. The Labute approximate surface area is 112 Å². The topological polar surface area (TPSA) is 107 Å². The molecule has 0 aliphatic heterocycles. The van der Waals surface area contributed by atoms with Gasteiger partial charge in [0.05, 0.1) is 0 Å². The van der Waals surface area contributed by atoms with E-state index in [1.54, 1.807) is 6.92 Å². The first-order valence-electron chi connectivity index (χ1n) is 6.21. The van der Waals surface area contributed by atoms with Crippen LogP contribution in [0.2, 0.25) is 0 Å². The van der Waals surface area contributed by atoms with Gasteiger partial charge >= 0.3 is 18.0 Å². The molecule has 0 aliphatic carbocycles. The Balaban J connectivity index is 4.37. The van der Waals surface area contributed by atoms with Crippen LogP contribution in [0.5, 0.6) is 0 Å². The maximum Gasteiger partial charge on any atom is 0.323 e. The first-order valence-corrected chi connectivity index (χ1v) is 6.21. The highest BCUT2D eigenvalue weighted by molar-refractivity contribution is 5.84. The van der Waals surface area contributed by atoms with E-state index in [9.17, 15) is 14.4 Å². The monoisotopic (exact) mass is 274 g/mol. The van der Waals surface area contributed by atoms with Crippen molar-refractivity contribution in [3.63, 3.8) is 0 Å². The Morgan fingerprint density at radius 3 is 1.84 bits per heavy atom. The molecule has 0 spiro atoms. The van der Waals surface area contributed by atoms with Crippen LogP contribution in [0, 0.1) is 5.92 Å². The molecule has 7 heteroatoms. The molecule has 7 nitrogen and oxygen atoms in total. The number of carboxylic acids is 2. The number of carbonyl (C=O) groups excluding carboxylic acids is 1. The summed E-state index contributed by atoms with van der Waals surface area (Å²) in [5.41, 5.74) is 0. The van der Waals surface area contributed by atoms with E-state index < -0.39 is 31.1 Å². The predicted molar refractivity (Wildman–Crippen MR) is 68.9 cm³/mol. The largest absolute Gasteiger partial charge is 0.480 e. The summed E-state index contributed by atoms with van der Waals surface area (Å²) in [6.07, 6.45) is 1.69. The van der Waals surface area contributed by atoms with Crippen molar-refractivity contribution < 1.29 is 24.6 Å². The van der Waals surface area contributed by atoms with Gasteiger partial charge < -0.3 is 20.4 Å². The van der Waals surface area contributed by atoms with Crippen LogP contribution in [0.4, 0.5) is 4.79 Å². The number of hydrogen-bond donors (Lipinski definition) is 3. The standard InChI is InChI=1S/C12H22N2O5/c1-8(2)4-5-9(3)13-12(19)14(6-10(15)16)7-11(17)18/h8-9H,4-7H2,1-3H3,(H,13,19)(H,15,16)(H,17,18).